The van der Waals surface area contributed by atoms with Crippen molar-refractivity contribution in [1.29, 1.82) is 0 Å². The maximum absolute atomic E-state index is 13.4. The quantitative estimate of drug-likeness (QED) is 0.845. The summed E-state index contributed by atoms with van der Waals surface area (Å²) in [5.74, 6) is -4.26. The summed E-state index contributed by atoms with van der Waals surface area (Å²) in [6.07, 6.45) is 0.415. The highest BCUT2D eigenvalue weighted by Gasteiger charge is 2.40. The van der Waals surface area contributed by atoms with E-state index in [0.717, 1.165) is 6.42 Å². The number of carbonyl (C=O) groups is 1. The van der Waals surface area contributed by atoms with Gasteiger partial charge in [-0.15, -0.1) is 0 Å². The van der Waals surface area contributed by atoms with E-state index in [1.807, 2.05) is 11.6 Å². The molecule has 0 aliphatic heterocycles. The summed E-state index contributed by atoms with van der Waals surface area (Å²) < 4.78 is 58.4. The highest BCUT2D eigenvalue weighted by Crippen LogP contribution is 2.36. The molecule has 2 rings (SSSR count). The molecule has 0 bridgehead atoms. The Balaban J connectivity index is 2.03. The number of rotatable bonds is 6. The largest absolute Gasteiger partial charge is 0.494 e. The number of carbonyl (C=O) groups excluding carboxylic acids is 1. The monoisotopic (exact) mass is 361 g/mol. The van der Waals surface area contributed by atoms with Crippen LogP contribution in [0.15, 0.2) is 29.2 Å². The van der Waals surface area contributed by atoms with Gasteiger partial charge < -0.3 is 4.74 Å². The van der Waals surface area contributed by atoms with Gasteiger partial charge in [0, 0.05) is 18.8 Å². The van der Waals surface area contributed by atoms with Gasteiger partial charge in [-0.1, -0.05) is 6.92 Å². The summed E-state index contributed by atoms with van der Waals surface area (Å²) in [5, 5.41) is 0. The topological polar surface area (TPSA) is 72.5 Å². The van der Waals surface area contributed by atoms with Gasteiger partial charge in [-0.2, -0.15) is 0 Å². The van der Waals surface area contributed by atoms with Crippen LogP contribution in [0.1, 0.15) is 39.0 Å². The van der Waals surface area contributed by atoms with Gasteiger partial charge in [0.1, 0.15) is 5.75 Å². The highest BCUT2D eigenvalue weighted by atomic mass is 32.2. The van der Waals surface area contributed by atoms with Gasteiger partial charge in [0.05, 0.1) is 11.5 Å². The predicted octanol–water partition coefficient (Wildman–Crippen LogP) is 3.11. The Morgan fingerprint density at radius 3 is 2.58 bits per heavy atom. The molecule has 1 amide bonds. The van der Waals surface area contributed by atoms with E-state index < -0.39 is 34.2 Å². The lowest BCUT2D eigenvalue weighted by atomic mass is 9.86. The molecule has 134 valence electrons. The van der Waals surface area contributed by atoms with Gasteiger partial charge >= 0.3 is 0 Å². The fourth-order valence-corrected chi connectivity index (χ4v) is 3.65. The van der Waals surface area contributed by atoms with Crippen molar-refractivity contribution in [1.82, 2.24) is 4.72 Å². The first kappa shape index (κ1) is 18.6. The molecule has 0 spiro atoms. The van der Waals surface area contributed by atoms with Crippen LogP contribution < -0.4 is 9.46 Å². The minimum absolute atomic E-state index is 0.109. The zero-order valence-electron chi connectivity index (χ0n) is 13.4. The maximum atomic E-state index is 13.4. The fourth-order valence-electron chi connectivity index (χ4n) is 2.61. The minimum Gasteiger partial charge on any atom is -0.494 e. The molecule has 24 heavy (non-hydrogen) atoms. The molecule has 1 saturated carbocycles. The van der Waals surface area contributed by atoms with Crippen molar-refractivity contribution in [2.45, 2.75) is 49.8 Å². The molecule has 1 aliphatic rings. The number of sulfonamides is 1. The molecule has 1 N–H and O–H groups in total. The van der Waals surface area contributed by atoms with E-state index in [-0.39, 0.29) is 24.2 Å². The van der Waals surface area contributed by atoms with Crippen molar-refractivity contribution in [3.05, 3.63) is 24.3 Å². The molecule has 0 aromatic heterocycles. The second-order valence-corrected chi connectivity index (χ2v) is 7.62. The van der Waals surface area contributed by atoms with E-state index in [2.05, 4.69) is 0 Å². The smallest absolute Gasteiger partial charge is 0.264 e. The van der Waals surface area contributed by atoms with Crippen LogP contribution in [0.25, 0.3) is 0 Å². The lowest BCUT2D eigenvalue weighted by molar-refractivity contribution is -0.130. The molecule has 0 radical (unpaired) electrons. The molecule has 5 nitrogen and oxygen atoms in total. The average Bonchev–Trinajstić information content (AvgIpc) is 2.52. The van der Waals surface area contributed by atoms with Gasteiger partial charge in [0.25, 0.3) is 10.0 Å². The normalized spacial score (nSPS) is 20.4. The first-order valence-corrected chi connectivity index (χ1v) is 9.39. The van der Waals surface area contributed by atoms with E-state index >= 15 is 0 Å². The SMILES string of the molecule is CCCOc1ccc(S(=O)(=O)NC(=O)C2CCCC(F)(F)C2)cc1. The van der Waals surface area contributed by atoms with Crippen LogP contribution in [0.5, 0.6) is 5.75 Å². The summed E-state index contributed by atoms with van der Waals surface area (Å²) >= 11 is 0. The third-order valence-electron chi connectivity index (χ3n) is 3.85. The summed E-state index contributed by atoms with van der Waals surface area (Å²) in [6.45, 7) is 2.46. The molecule has 1 aromatic rings. The summed E-state index contributed by atoms with van der Waals surface area (Å²) in [5.41, 5.74) is 0. The van der Waals surface area contributed by atoms with Gasteiger partial charge in [-0.25, -0.2) is 21.9 Å². The van der Waals surface area contributed by atoms with Crippen LogP contribution >= 0.6 is 0 Å². The van der Waals surface area contributed by atoms with Crippen molar-refractivity contribution in [2.75, 3.05) is 6.61 Å². The number of nitrogens with one attached hydrogen (secondary N) is 1. The Labute approximate surface area is 140 Å². The zero-order chi connectivity index (χ0) is 17.8. The van der Waals surface area contributed by atoms with Crippen LogP contribution in [0, 0.1) is 5.92 Å². The van der Waals surface area contributed by atoms with Crippen LogP contribution in [0.2, 0.25) is 0 Å². The molecule has 0 heterocycles. The second kappa shape index (κ2) is 7.46. The van der Waals surface area contributed by atoms with Crippen LogP contribution in [0.4, 0.5) is 8.78 Å². The Hall–Kier alpha value is -1.70. The van der Waals surface area contributed by atoms with Gasteiger partial charge in [-0.05, 0) is 43.5 Å². The van der Waals surface area contributed by atoms with E-state index in [0.29, 0.717) is 12.4 Å². The van der Waals surface area contributed by atoms with Crippen LogP contribution in [0.3, 0.4) is 0 Å². The lowest BCUT2D eigenvalue weighted by Gasteiger charge is -2.27. The van der Waals surface area contributed by atoms with E-state index in [1.54, 1.807) is 0 Å². The Morgan fingerprint density at radius 1 is 1.33 bits per heavy atom. The summed E-state index contributed by atoms with van der Waals surface area (Å²) in [7, 11) is -4.08. The standard InChI is InChI=1S/C16H21F2NO4S/c1-2-10-23-13-5-7-14(8-6-13)24(21,22)19-15(20)12-4-3-9-16(17,18)11-12/h5-8,12H,2-4,9-11H2,1H3,(H,19,20). The van der Waals surface area contributed by atoms with Crippen LogP contribution in [-0.4, -0.2) is 26.9 Å². The number of amides is 1. The van der Waals surface area contributed by atoms with E-state index in [1.165, 1.54) is 24.3 Å². The number of halogens is 2. The molecule has 1 atom stereocenters. The number of alkyl halides is 2. The van der Waals surface area contributed by atoms with Crippen molar-refractivity contribution in [3.8, 4) is 5.75 Å². The summed E-state index contributed by atoms with van der Waals surface area (Å²) in [4.78, 5) is 11.9. The molecule has 8 heteroatoms. The third kappa shape index (κ3) is 4.90. The zero-order valence-corrected chi connectivity index (χ0v) is 14.2. The van der Waals surface area contributed by atoms with Crippen molar-refractivity contribution < 1.29 is 26.7 Å². The lowest BCUT2D eigenvalue weighted by Crippen LogP contribution is -2.40. The van der Waals surface area contributed by atoms with Crippen LogP contribution in [-0.2, 0) is 14.8 Å². The predicted molar refractivity (Wildman–Crippen MR) is 84.5 cm³/mol. The first-order chi connectivity index (χ1) is 11.2. The molecular weight excluding hydrogens is 340 g/mol. The molecule has 1 aromatic carbocycles. The number of hydrogen-bond donors (Lipinski definition) is 1. The first-order valence-electron chi connectivity index (χ1n) is 7.91. The fraction of sp³-hybridized carbons (Fsp3) is 0.562. The second-order valence-electron chi connectivity index (χ2n) is 5.94. The Morgan fingerprint density at radius 2 is 2.00 bits per heavy atom. The molecule has 0 saturated heterocycles. The maximum Gasteiger partial charge on any atom is 0.264 e. The summed E-state index contributed by atoms with van der Waals surface area (Å²) in [6, 6.07) is 5.61. The molecule has 1 aliphatic carbocycles. The highest BCUT2D eigenvalue weighted by molar-refractivity contribution is 7.90. The molecule has 1 unspecified atom stereocenters. The number of benzene rings is 1. The van der Waals surface area contributed by atoms with Gasteiger partial charge in [-0.3, -0.25) is 4.79 Å². The van der Waals surface area contributed by atoms with Crippen molar-refractivity contribution >= 4 is 15.9 Å². The molecule has 1 fully saturated rings. The average molecular weight is 361 g/mol. The minimum atomic E-state index is -4.08. The van der Waals surface area contributed by atoms with E-state index in [4.69, 9.17) is 4.74 Å². The van der Waals surface area contributed by atoms with Crippen molar-refractivity contribution in [3.63, 3.8) is 0 Å². The molecular formula is C16H21F2NO4S. The van der Waals surface area contributed by atoms with Crippen molar-refractivity contribution in [2.24, 2.45) is 5.92 Å². The van der Waals surface area contributed by atoms with Gasteiger partial charge in [0.15, 0.2) is 0 Å². The Bertz CT molecular complexity index is 674. The van der Waals surface area contributed by atoms with E-state index in [9.17, 15) is 22.0 Å². The number of hydrogen-bond acceptors (Lipinski definition) is 4. The third-order valence-corrected chi connectivity index (χ3v) is 5.22. The Kier molecular flexibility index (Phi) is 5.79. The number of ether oxygens (including phenoxy) is 1. The van der Waals surface area contributed by atoms with Gasteiger partial charge in [0.2, 0.25) is 11.8 Å².